The van der Waals surface area contributed by atoms with Crippen molar-refractivity contribution in [2.75, 3.05) is 4.90 Å². The van der Waals surface area contributed by atoms with Crippen LogP contribution in [0.5, 0.6) is 0 Å². The summed E-state index contributed by atoms with van der Waals surface area (Å²) in [5, 5.41) is 10.6. The van der Waals surface area contributed by atoms with Gasteiger partial charge in [0.15, 0.2) is 0 Å². The minimum atomic E-state index is -0.784. The highest BCUT2D eigenvalue weighted by Crippen LogP contribution is 2.49. The standard InChI is InChI=1S/C28H23F2NO2/c29-20-9-6-19(7-10-20)26(32)17-16-25-27(24-15-8-18-4-2-1-3-5-23(18)24)31(28(25)33)22-13-11-21(30)12-14-22/h1-15,25-27,32H,16-17H2/t25-,26?,27-/m1/s1. The Kier molecular flexibility index (Phi) is 5.65. The number of fused-ring (bicyclic) bond motifs is 1. The number of carbonyl (C=O) groups excluding carboxylic acids is 1. The van der Waals surface area contributed by atoms with Gasteiger partial charge in [0, 0.05) is 5.69 Å². The Bertz CT molecular complexity index is 1240. The summed E-state index contributed by atoms with van der Waals surface area (Å²) in [4.78, 5) is 15.0. The molecule has 0 spiro atoms. The molecule has 1 saturated heterocycles. The fourth-order valence-corrected chi connectivity index (χ4v) is 4.76. The first-order valence-electron chi connectivity index (χ1n) is 11.0. The van der Waals surface area contributed by atoms with Gasteiger partial charge in [-0.1, -0.05) is 54.6 Å². The SMILES string of the molecule is O=C1[C@H](CCC(O)c2ccc(F)cc2)[C@@H](c2ccc3cccccc2-3)N1c1ccc(F)cc1. The molecule has 0 radical (unpaired) electrons. The number of β-lactam (4-membered cyclic amide) rings is 1. The van der Waals surface area contributed by atoms with E-state index in [9.17, 15) is 18.7 Å². The molecule has 1 fully saturated rings. The van der Waals surface area contributed by atoms with Crippen LogP contribution in [0.2, 0.25) is 0 Å². The predicted molar refractivity (Wildman–Crippen MR) is 124 cm³/mol. The second kappa shape index (κ2) is 8.75. The van der Waals surface area contributed by atoms with E-state index in [1.165, 1.54) is 24.3 Å². The molecule has 2 aliphatic carbocycles. The third kappa shape index (κ3) is 4.00. The highest BCUT2D eigenvalue weighted by Gasteiger charge is 2.49. The number of halogens is 2. The Morgan fingerprint density at radius 1 is 0.818 bits per heavy atom. The molecule has 3 nitrogen and oxygen atoms in total. The first-order valence-corrected chi connectivity index (χ1v) is 11.0. The third-order valence-corrected chi connectivity index (χ3v) is 6.47. The van der Waals surface area contributed by atoms with Crippen LogP contribution in [0, 0.1) is 17.6 Å². The van der Waals surface area contributed by atoms with Gasteiger partial charge in [0.1, 0.15) is 11.6 Å². The molecule has 0 aromatic heterocycles. The topological polar surface area (TPSA) is 40.5 Å². The summed E-state index contributed by atoms with van der Waals surface area (Å²) in [6.45, 7) is 0. The van der Waals surface area contributed by atoms with Crippen molar-refractivity contribution >= 4 is 11.6 Å². The zero-order chi connectivity index (χ0) is 22.9. The first kappa shape index (κ1) is 21.3. The average molecular weight is 443 g/mol. The lowest BCUT2D eigenvalue weighted by Crippen LogP contribution is -2.55. The normalized spacial score (nSPS) is 18.9. The molecule has 1 amide bonds. The Hall–Kier alpha value is -3.57. The van der Waals surface area contributed by atoms with Gasteiger partial charge in [0.05, 0.1) is 18.1 Å². The summed E-state index contributed by atoms with van der Waals surface area (Å²) in [6.07, 6.45) is 0.0706. The number of carbonyl (C=O) groups is 1. The molecule has 0 saturated carbocycles. The third-order valence-electron chi connectivity index (χ3n) is 6.47. The van der Waals surface area contributed by atoms with Crippen LogP contribution in [0.15, 0.2) is 91.0 Å². The summed E-state index contributed by atoms with van der Waals surface area (Å²) in [6, 6.07) is 25.6. The fourth-order valence-electron chi connectivity index (χ4n) is 4.76. The minimum absolute atomic E-state index is 0.0485. The fraction of sp³-hybridized carbons (Fsp3) is 0.179. The maximum Gasteiger partial charge on any atom is 0.233 e. The van der Waals surface area contributed by atoms with E-state index in [2.05, 4.69) is 0 Å². The zero-order valence-electron chi connectivity index (χ0n) is 17.9. The van der Waals surface area contributed by atoms with E-state index >= 15 is 0 Å². The van der Waals surface area contributed by atoms with Gasteiger partial charge in [0.25, 0.3) is 0 Å². The van der Waals surface area contributed by atoms with Crippen molar-refractivity contribution in [2.24, 2.45) is 5.92 Å². The van der Waals surface area contributed by atoms with E-state index in [-0.39, 0.29) is 29.5 Å². The summed E-state index contributed by atoms with van der Waals surface area (Å²) >= 11 is 0. The molecule has 1 N–H and O–H groups in total. The number of hydrogen-bond donors (Lipinski definition) is 1. The van der Waals surface area contributed by atoms with E-state index in [1.807, 2.05) is 42.5 Å². The number of aliphatic hydroxyl groups is 1. The highest BCUT2D eigenvalue weighted by atomic mass is 19.1. The van der Waals surface area contributed by atoms with Gasteiger partial charge in [-0.3, -0.25) is 4.79 Å². The monoisotopic (exact) mass is 443 g/mol. The zero-order valence-corrected chi connectivity index (χ0v) is 17.9. The number of anilines is 1. The smallest absolute Gasteiger partial charge is 0.233 e. The maximum absolute atomic E-state index is 13.5. The number of nitrogens with zero attached hydrogens (tertiary/aromatic N) is 1. The van der Waals surface area contributed by atoms with Crippen molar-refractivity contribution in [3.05, 3.63) is 114 Å². The first-order chi connectivity index (χ1) is 16.0. The van der Waals surface area contributed by atoms with Crippen LogP contribution in [0.1, 0.15) is 36.1 Å². The molecule has 3 atom stereocenters. The number of benzene rings is 2. The highest BCUT2D eigenvalue weighted by molar-refractivity contribution is 6.04. The molecule has 5 rings (SSSR count). The van der Waals surface area contributed by atoms with Crippen LogP contribution in [0.25, 0.3) is 11.1 Å². The van der Waals surface area contributed by atoms with Crippen molar-refractivity contribution in [3.63, 3.8) is 0 Å². The Balaban J connectivity index is 1.44. The van der Waals surface area contributed by atoms with Crippen molar-refractivity contribution in [1.82, 2.24) is 0 Å². The lowest BCUT2D eigenvalue weighted by Gasteiger charge is -2.48. The van der Waals surface area contributed by atoms with Crippen LogP contribution >= 0.6 is 0 Å². The molecule has 3 aliphatic rings. The molecule has 2 aromatic carbocycles. The van der Waals surface area contributed by atoms with Gasteiger partial charge in [0.2, 0.25) is 5.91 Å². The van der Waals surface area contributed by atoms with Crippen LogP contribution in [-0.2, 0) is 4.79 Å². The quantitative estimate of drug-likeness (QED) is 0.356. The number of amides is 1. The summed E-state index contributed by atoms with van der Waals surface area (Å²) in [5.74, 6) is -1.08. The van der Waals surface area contributed by atoms with E-state index in [4.69, 9.17) is 0 Å². The van der Waals surface area contributed by atoms with Gasteiger partial charge in [-0.25, -0.2) is 8.78 Å². The Labute approximate surface area is 191 Å². The lowest BCUT2D eigenvalue weighted by molar-refractivity contribution is -0.131. The number of rotatable bonds is 6. The van der Waals surface area contributed by atoms with E-state index in [1.54, 1.807) is 29.2 Å². The molecule has 166 valence electrons. The Morgan fingerprint density at radius 3 is 2.21 bits per heavy atom. The summed E-state index contributed by atoms with van der Waals surface area (Å²) < 4.78 is 26.7. The van der Waals surface area contributed by atoms with Gasteiger partial charge in [-0.05, 0) is 71.5 Å². The number of hydrogen-bond acceptors (Lipinski definition) is 2. The van der Waals surface area contributed by atoms with E-state index in [0.29, 0.717) is 24.1 Å². The van der Waals surface area contributed by atoms with Gasteiger partial charge >= 0.3 is 0 Å². The van der Waals surface area contributed by atoms with Crippen molar-refractivity contribution in [2.45, 2.75) is 25.0 Å². The van der Waals surface area contributed by atoms with E-state index < -0.39 is 6.10 Å². The van der Waals surface area contributed by atoms with Crippen LogP contribution in [0.4, 0.5) is 14.5 Å². The predicted octanol–water partition coefficient (Wildman–Crippen LogP) is 6.29. The van der Waals surface area contributed by atoms with Crippen molar-refractivity contribution in [3.8, 4) is 11.1 Å². The van der Waals surface area contributed by atoms with Crippen LogP contribution in [0.3, 0.4) is 0 Å². The second-order valence-electron chi connectivity index (χ2n) is 8.45. The van der Waals surface area contributed by atoms with Gasteiger partial charge < -0.3 is 10.0 Å². The van der Waals surface area contributed by atoms with Crippen molar-refractivity contribution < 1.29 is 18.7 Å². The molecule has 1 unspecified atom stereocenters. The van der Waals surface area contributed by atoms with Crippen molar-refractivity contribution in [1.29, 1.82) is 0 Å². The molecule has 1 aliphatic heterocycles. The molecule has 5 heteroatoms. The summed E-state index contributed by atoms with van der Waals surface area (Å²) in [7, 11) is 0. The van der Waals surface area contributed by atoms with Gasteiger partial charge in [-0.2, -0.15) is 0 Å². The number of aliphatic hydroxyl groups excluding tert-OH is 1. The molecular formula is C28H23F2NO2. The molecule has 33 heavy (non-hydrogen) atoms. The van der Waals surface area contributed by atoms with Crippen LogP contribution < -0.4 is 4.90 Å². The molecule has 2 aromatic rings. The summed E-state index contributed by atoms with van der Waals surface area (Å²) in [5.41, 5.74) is 4.45. The lowest BCUT2D eigenvalue weighted by atomic mass is 9.77. The molecule has 1 heterocycles. The minimum Gasteiger partial charge on any atom is -0.388 e. The molecular weight excluding hydrogens is 420 g/mol. The van der Waals surface area contributed by atoms with Gasteiger partial charge in [-0.15, -0.1) is 0 Å². The second-order valence-corrected chi connectivity index (χ2v) is 8.45. The van der Waals surface area contributed by atoms with E-state index in [0.717, 1.165) is 16.7 Å². The average Bonchev–Trinajstić information content (AvgIpc) is 3.05. The largest absolute Gasteiger partial charge is 0.388 e. The maximum atomic E-state index is 13.5. The molecule has 0 bridgehead atoms. The Morgan fingerprint density at radius 2 is 1.48 bits per heavy atom. The van der Waals surface area contributed by atoms with Crippen LogP contribution in [-0.4, -0.2) is 11.0 Å².